The summed E-state index contributed by atoms with van der Waals surface area (Å²) in [5.41, 5.74) is 0.919. The first-order valence-electron chi connectivity index (χ1n) is 8.23. The van der Waals surface area contributed by atoms with Gasteiger partial charge in [-0.15, -0.1) is 0 Å². The van der Waals surface area contributed by atoms with E-state index in [4.69, 9.17) is 0 Å². The van der Waals surface area contributed by atoms with Gasteiger partial charge in [0.25, 0.3) is 0 Å². The lowest BCUT2D eigenvalue weighted by molar-refractivity contribution is 0.103. The molecule has 5 aromatic carbocycles. The second-order valence-corrected chi connectivity index (χ2v) is 6.32. The molecule has 0 aromatic heterocycles. The van der Waals surface area contributed by atoms with Crippen molar-refractivity contribution in [1.29, 1.82) is 0 Å². The molecule has 0 amide bonds. The van der Waals surface area contributed by atoms with Gasteiger partial charge in [-0.25, -0.2) is 0 Å². The number of phenolic OH excluding ortho intramolecular Hbond substituents is 1. The van der Waals surface area contributed by atoms with E-state index in [1.807, 2.05) is 42.5 Å². The fourth-order valence-corrected chi connectivity index (χ4v) is 3.71. The fourth-order valence-electron chi connectivity index (χ4n) is 3.71. The Morgan fingerprint density at radius 1 is 0.680 bits per heavy atom. The van der Waals surface area contributed by atoms with Crippen molar-refractivity contribution < 1.29 is 9.90 Å². The molecule has 0 aliphatic carbocycles. The predicted molar refractivity (Wildman–Crippen MR) is 102 cm³/mol. The maximum Gasteiger partial charge on any atom is 0.196 e. The van der Waals surface area contributed by atoms with Crippen LogP contribution in [0.1, 0.15) is 15.9 Å². The van der Waals surface area contributed by atoms with E-state index in [-0.39, 0.29) is 11.5 Å². The van der Waals surface area contributed by atoms with E-state index in [2.05, 4.69) is 18.2 Å². The van der Waals surface area contributed by atoms with Crippen LogP contribution in [-0.2, 0) is 0 Å². The number of hydrogen-bond donors (Lipinski definition) is 1. The molecule has 0 saturated heterocycles. The van der Waals surface area contributed by atoms with Crippen LogP contribution in [0, 0.1) is 0 Å². The number of hydrogen-bond acceptors (Lipinski definition) is 2. The zero-order chi connectivity index (χ0) is 17.0. The molecule has 25 heavy (non-hydrogen) atoms. The number of carbonyl (C=O) groups excluding carboxylic acids is 1. The summed E-state index contributed by atoms with van der Waals surface area (Å²) in [7, 11) is 0. The van der Waals surface area contributed by atoms with Crippen molar-refractivity contribution in [2.24, 2.45) is 0 Å². The quantitative estimate of drug-likeness (QED) is 0.343. The third kappa shape index (κ3) is 1.94. The van der Waals surface area contributed by atoms with Gasteiger partial charge in [0, 0.05) is 16.3 Å². The van der Waals surface area contributed by atoms with Crippen molar-refractivity contribution in [1.82, 2.24) is 0 Å². The van der Waals surface area contributed by atoms with Gasteiger partial charge in [0.2, 0.25) is 0 Å². The van der Waals surface area contributed by atoms with E-state index in [0.717, 1.165) is 32.3 Å². The van der Waals surface area contributed by atoms with Crippen molar-refractivity contribution >= 4 is 38.1 Å². The molecular weight excluding hydrogens is 308 g/mol. The summed E-state index contributed by atoms with van der Waals surface area (Å²) in [5, 5.41) is 16.9. The Balaban J connectivity index is 1.88. The van der Waals surface area contributed by atoms with Gasteiger partial charge in [-0.05, 0) is 33.7 Å². The highest BCUT2D eigenvalue weighted by Crippen LogP contribution is 2.40. The van der Waals surface area contributed by atoms with Crippen LogP contribution >= 0.6 is 0 Å². The lowest BCUT2D eigenvalue weighted by Gasteiger charge is -2.14. The van der Waals surface area contributed by atoms with Gasteiger partial charge in [0.15, 0.2) is 5.78 Å². The lowest BCUT2D eigenvalue weighted by Crippen LogP contribution is -2.02. The van der Waals surface area contributed by atoms with Gasteiger partial charge in [0.1, 0.15) is 5.75 Å². The molecule has 2 heteroatoms. The summed E-state index contributed by atoms with van der Waals surface area (Å²) in [6.45, 7) is 0. The van der Waals surface area contributed by atoms with Crippen molar-refractivity contribution in [3.8, 4) is 5.75 Å². The molecule has 0 radical (unpaired) electrons. The van der Waals surface area contributed by atoms with Crippen LogP contribution in [0.25, 0.3) is 32.3 Å². The van der Waals surface area contributed by atoms with Crippen LogP contribution < -0.4 is 0 Å². The molecule has 0 heterocycles. The zero-order valence-electron chi connectivity index (χ0n) is 13.4. The van der Waals surface area contributed by atoms with Crippen molar-refractivity contribution in [2.45, 2.75) is 0 Å². The molecule has 1 N–H and O–H groups in total. The predicted octanol–water partition coefficient (Wildman–Crippen LogP) is 5.52. The Labute approximate surface area is 144 Å². The van der Waals surface area contributed by atoms with Crippen molar-refractivity contribution in [2.75, 3.05) is 0 Å². The number of rotatable bonds is 2. The van der Waals surface area contributed by atoms with E-state index in [1.54, 1.807) is 18.2 Å². The first-order valence-corrected chi connectivity index (χ1v) is 8.23. The lowest BCUT2D eigenvalue weighted by atomic mass is 9.90. The highest BCUT2D eigenvalue weighted by Gasteiger charge is 2.19. The first kappa shape index (κ1) is 14.0. The van der Waals surface area contributed by atoms with Crippen LogP contribution in [0.3, 0.4) is 0 Å². The molecule has 0 aliphatic rings. The van der Waals surface area contributed by atoms with E-state index in [1.165, 1.54) is 0 Å². The molecule has 5 rings (SSSR count). The molecule has 0 bridgehead atoms. The second-order valence-electron chi connectivity index (χ2n) is 6.32. The Morgan fingerprint density at radius 2 is 1.36 bits per heavy atom. The minimum atomic E-state index is -0.163. The third-order valence-electron chi connectivity index (χ3n) is 4.90. The Kier molecular flexibility index (Phi) is 2.83. The number of benzene rings is 5. The van der Waals surface area contributed by atoms with E-state index in [9.17, 15) is 9.90 Å². The minimum absolute atomic E-state index is 0.0552. The van der Waals surface area contributed by atoms with Crippen molar-refractivity contribution in [3.05, 3.63) is 90.0 Å². The highest BCUT2D eigenvalue weighted by atomic mass is 16.3. The van der Waals surface area contributed by atoms with Gasteiger partial charge in [-0.3, -0.25) is 4.79 Å². The molecule has 2 nitrogen and oxygen atoms in total. The minimum Gasteiger partial charge on any atom is -0.507 e. The van der Waals surface area contributed by atoms with Crippen LogP contribution in [0.15, 0.2) is 78.9 Å². The molecule has 0 unspecified atom stereocenters. The summed E-state index contributed by atoms with van der Waals surface area (Å²) in [6, 6.07) is 25.0. The highest BCUT2D eigenvalue weighted by molar-refractivity contribution is 6.26. The normalized spacial score (nSPS) is 11.5. The van der Waals surface area contributed by atoms with Gasteiger partial charge in [0.05, 0.1) is 5.56 Å². The molecule has 0 fully saturated rings. The molecule has 0 atom stereocenters. The molecular formula is C23H14O2. The number of aromatic hydroxyl groups is 1. The second kappa shape index (κ2) is 5.05. The number of carbonyl (C=O) groups is 1. The first-order chi connectivity index (χ1) is 12.2. The zero-order valence-corrected chi connectivity index (χ0v) is 13.4. The average molecular weight is 322 g/mol. The van der Waals surface area contributed by atoms with E-state index >= 15 is 0 Å². The van der Waals surface area contributed by atoms with E-state index in [0.29, 0.717) is 11.1 Å². The summed E-state index contributed by atoms with van der Waals surface area (Å²) in [6.07, 6.45) is 0. The van der Waals surface area contributed by atoms with Gasteiger partial charge >= 0.3 is 0 Å². The molecule has 0 aliphatic heterocycles. The van der Waals surface area contributed by atoms with Crippen LogP contribution in [0.5, 0.6) is 5.75 Å². The smallest absolute Gasteiger partial charge is 0.196 e. The molecule has 118 valence electrons. The van der Waals surface area contributed by atoms with Crippen molar-refractivity contribution in [3.63, 3.8) is 0 Å². The van der Waals surface area contributed by atoms with Crippen LogP contribution in [-0.4, -0.2) is 10.9 Å². The Hall–Kier alpha value is -3.39. The number of ketones is 1. The fraction of sp³-hybridized carbons (Fsp3) is 0. The maximum absolute atomic E-state index is 12.9. The largest absolute Gasteiger partial charge is 0.507 e. The summed E-state index contributed by atoms with van der Waals surface area (Å²) in [5.74, 6) is -0.108. The third-order valence-corrected chi connectivity index (χ3v) is 4.90. The topological polar surface area (TPSA) is 37.3 Å². The van der Waals surface area contributed by atoms with Crippen LogP contribution in [0.4, 0.5) is 0 Å². The van der Waals surface area contributed by atoms with Crippen LogP contribution in [0.2, 0.25) is 0 Å². The average Bonchev–Trinajstić information content (AvgIpc) is 2.67. The summed E-state index contributed by atoms with van der Waals surface area (Å²) < 4.78 is 0. The summed E-state index contributed by atoms with van der Waals surface area (Å²) >= 11 is 0. The maximum atomic E-state index is 12.9. The standard InChI is InChI=1S/C23H14O2/c24-22(16-5-2-1-3-6-16)19-13-17-10-9-14-7-4-8-15-11-12-18(23(19)25)21(17)20(14)15/h1-13,25H. The Morgan fingerprint density at radius 3 is 2.12 bits per heavy atom. The van der Waals surface area contributed by atoms with Gasteiger partial charge in [-0.2, -0.15) is 0 Å². The van der Waals surface area contributed by atoms with E-state index < -0.39 is 0 Å². The molecule has 5 aromatic rings. The molecule has 0 spiro atoms. The molecule has 0 saturated carbocycles. The number of phenols is 1. The van der Waals surface area contributed by atoms with Gasteiger partial charge in [-0.1, -0.05) is 66.7 Å². The Bertz CT molecular complexity index is 1240. The SMILES string of the molecule is O=C(c1ccccc1)c1cc2ccc3cccc4ccc(c1O)c2c34. The summed E-state index contributed by atoms with van der Waals surface area (Å²) in [4.78, 5) is 12.9. The monoisotopic (exact) mass is 322 g/mol. The van der Waals surface area contributed by atoms with Gasteiger partial charge < -0.3 is 5.11 Å².